The van der Waals surface area contributed by atoms with E-state index in [0.717, 1.165) is 16.1 Å². The predicted octanol–water partition coefficient (Wildman–Crippen LogP) is 3.49. The van der Waals surface area contributed by atoms with Crippen molar-refractivity contribution in [3.8, 4) is 0 Å². The third-order valence-corrected chi connectivity index (χ3v) is 8.00. The van der Waals surface area contributed by atoms with Gasteiger partial charge in [-0.25, -0.2) is 8.42 Å². The van der Waals surface area contributed by atoms with Crippen LogP contribution in [0.25, 0.3) is 0 Å². The molecule has 41 heavy (non-hydrogen) atoms. The molecule has 0 bridgehead atoms. The molecule has 1 heterocycles. The van der Waals surface area contributed by atoms with Crippen molar-refractivity contribution < 1.29 is 22.8 Å². The third kappa shape index (κ3) is 6.46. The summed E-state index contributed by atoms with van der Waals surface area (Å²) in [4.78, 5) is 46.1. The van der Waals surface area contributed by atoms with Gasteiger partial charge in [0.2, 0.25) is 21.8 Å². The molecule has 214 valence electrons. The number of anilines is 2. The Morgan fingerprint density at radius 2 is 1.59 bits per heavy atom. The zero-order valence-corrected chi connectivity index (χ0v) is 24.5. The Hall–Kier alpha value is -4.51. The molecule has 0 aromatic heterocycles. The van der Waals surface area contributed by atoms with E-state index in [-0.39, 0.29) is 24.3 Å². The van der Waals surface area contributed by atoms with Crippen LogP contribution in [0.15, 0.2) is 77.8 Å². The maximum atomic E-state index is 13.3. The number of hydrogen-bond donors (Lipinski definition) is 1. The zero-order valence-electron chi connectivity index (χ0n) is 23.7. The quantitative estimate of drug-likeness (QED) is 0.392. The summed E-state index contributed by atoms with van der Waals surface area (Å²) < 4.78 is 25.9. The summed E-state index contributed by atoms with van der Waals surface area (Å²) in [5.41, 5.74) is 3.80. The number of nitrogens with zero attached hydrogens (tertiary/aromatic N) is 4. The minimum absolute atomic E-state index is 0.138. The van der Waals surface area contributed by atoms with Gasteiger partial charge in [-0.05, 0) is 54.4 Å². The number of benzene rings is 3. The highest BCUT2D eigenvalue weighted by atomic mass is 32.2. The summed E-state index contributed by atoms with van der Waals surface area (Å²) >= 11 is 0. The van der Waals surface area contributed by atoms with E-state index >= 15 is 0 Å². The number of rotatable bonds is 9. The van der Waals surface area contributed by atoms with Crippen molar-refractivity contribution in [2.24, 2.45) is 4.99 Å². The highest BCUT2D eigenvalue weighted by Crippen LogP contribution is 2.37. The molecule has 10 nitrogen and oxygen atoms in total. The minimum Gasteiger partial charge on any atom is -0.347 e. The number of amides is 3. The Morgan fingerprint density at radius 3 is 2.17 bits per heavy atom. The van der Waals surface area contributed by atoms with Crippen LogP contribution in [0.4, 0.5) is 17.1 Å². The molecule has 3 aromatic carbocycles. The molecule has 1 aliphatic heterocycles. The van der Waals surface area contributed by atoms with E-state index in [0.29, 0.717) is 40.4 Å². The molecule has 3 aromatic rings. The Morgan fingerprint density at radius 1 is 0.927 bits per heavy atom. The second-order valence-corrected chi connectivity index (χ2v) is 11.9. The lowest BCUT2D eigenvalue weighted by atomic mass is 9.90. The van der Waals surface area contributed by atoms with Crippen LogP contribution in [0.5, 0.6) is 0 Å². The van der Waals surface area contributed by atoms with Crippen LogP contribution in [-0.4, -0.2) is 82.1 Å². The molecule has 1 unspecified atom stereocenters. The van der Waals surface area contributed by atoms with Gasteiger partial charge in [-0.15, -0.1) is 0 Å². The first-order chi connectivity index (χ1) is 19.4. The monoisotopic (exact) mass is 575 g/mol. The van der Waals surface area contributed by atoms with Crippen molar-refractivity contribution in [1.82, 2.24) is 9.80 Å². The van der Waals surface area contributed by atoms with Gasteiger partial charge in [0.1, 0.15) is 12.5 Å². The molecule has 0 fully saturated rings. The summed E-state index contributed by atoms with van der Waals surface area (Å²) in [6.45, 7) is 2.12. The number of hydrogen-bond acceptors (Lipinski definition) is 6. The SMILES string of the molecule is CCN(C)C(=O)c1ccc2c(c1)NC(=O)C2C(=Nc1ccc(N(CC(=O)N(C)C)S(C)(=O)=O)cc1)c1ccccc1. The van der Waals surface area contributed by atoms with Gasteiger partial charge in [-0.2, -0.15) is 0 Å². The highest BCUT2D eigenvalue weighted by molar-refractivity contribution is 7.92. The van der Waals surface area contributed by atoms with Crippen LogP contribution in [0, 0.1) is 0 Å². The van der Waals surface area contributed by atoms with Crippen LogP contribution in [0.2, 0.25) is 0 Å². The third-order valence-electron chi connectivity index (χ3n) is 6.86. The number of sulfonamides is 1. The maximum absolute atomic E-state index is 13.3. The molecule has 0 saturated heterocycles. The molecule has 3 amide bonds. The van der Waals surface area contributed by atoms with Crippen molar-refractivity contribution in [2.75, 3.05) is 50.1 Å². The van der Waals surface area contributed by atoms with Gasteiger partial charge in [-0.3, -0.25) is 23.7 Å². The van der Waals surface area contributed by atoms with Crippen molar-refractivity contribution in [3.05, 3.63) is 89.5 Å². The molecule has 0 spiro atoms. The van der Waals surface area contributed by atoms with Crippen molar-refractivity contribution in [1.29, 1.82) is 0 Å². The fourth-order valence-corrected chi connectivity index (χ4v) is 5.28. The fourth-order valence-electron chi connectivity index (χ4n) is 4.43. The van der Waals surface area contributed by atoms with Gasteiger partial charge in [0.25, 0.3) is 5.91 Å². The first kappa shape index (κ1) is 29.5. The number of aliphatic imine (C=N–C) groups is 1. The Kier molecular flexibility index (Phi) is 8.57. The van der Waals surface area contributed by atoms with Crippen LogP contribution >= 0.6 is 0 Å². The van der Waals surface area contributed by atoms with Gasteiger partial charge >= 0.3 is 0 Å². The summed E-state index contributed by atoms with van der Waals surface area (Å²) in [6, 6.07) is 20.9. The minimum atomic E-state index is -3.73. The van der Waals surface area contributed by atoms with E-state index in [1.165, 1.54) is 4.90 Å². The van der Waals surface area contributed by atoms with E-state index in [1.807, 2.05) is 37.3 Å². The Bertz CT molecular complexity index is 1600. The van der Waals surface area contributed by atoms with Gasteiger partial charge in [-0.1, -0.05) is 36.4 Å². The van der Waals surface area contributed by atoms with Crippen molar-refractivity contribution in [2.45, 2.75) is 12.8 Å². The van der Waals surface area contributed by atoms with Crippen LogP contribution in [0.3, 0.4) is 0 Å². The molecule has 1 N–H and O–H groups in total. The van der Waals surface area contributed by atoms with E-state index in [1.54, 1.807) is 68.5 Å². The molecule has 0 radical (unpaired) electrons. The summed E-state index contributed by atoms with van der Waals surface area (Å²) in [6.07, 6.45) is 1.05. The lowest BCUT2D eigenvalue weighted by Gasteiger charge is -2.23. The largest absolute Gasteiger partial charge is 0.347 e. The van der Waals surface area contributed by atoms with Crippen LogP contribution in [-0.2, 0) is 19.6 Å². The molecule has 1 aliphatic rings. The molecule has 0 saturated carbocycles. The second kappa shape index (κ2) is 11.9. The zero-order chi connectivity index (χ0) is 29.9. The summed E-state index contributed by atoms with van der Waals surface area (Å²) in [5.74, 6) is -1.50. The number of nitrogens with one attached hydrogen (secondary N) is 1. The summed E-state index contributed by atoms with van der Waals surface area (Å²) in [7, 11) is 1.12. The average molecular weight is 576 g/mol. The lowest BCUT2D eigenvalue weighted by Crippen LogP contribution is -2.39. The van der Waals surface area contributed by atoms with Gasteiger partial charge in [0.15, 0.2) is 0 Å². The van der Waals surface area contributed by atoms with E-state index in [4.69, 9.17) is 4.99 Å². The maximum Gasteiger partial charge on any atom is 0.253 e. The first-order valence-electron chi connectivity index (χ1n) is 13.0. The van der Waals surface area contributed by atoms with E-state index in [9.17, 15) is 22.8 Å². The standard InChI is InChI=1S/C30H33N5O5S/c1-6-34(4)30(38)21-12-17-24-25(18-21)32-29(37)27(24)28(20-10-8-7-9-11-20)31-22-13-15-23(16-14-22)35(41(5,39)40)19-26(36)33(2)3/h7-18,27H,6,19H2,1-5H3,(H,32,37). The van der Waals surface area contributed by atoms with Gasteiger partial charge in [0, 0.05) is 38.9 Å². The highest BCUT2D eigenvalue weighted by Gasteiger charge is 2.36. The number of carbonyl (C=O) groups is 3. The lowest BCUT2D eigenvalue weighted by molar-refractivity contribution is -0.127. The Balaban J connectivity index is 1.74. The molecule has 11 heteroatoms. The molecule has 4 rings (SSSR count). The second-order valence-electron chi connectivity index (χ2n) is 9.98. The van der Waals surface area contributed by atoms with Crippen LogP contribution < -0.4 is 9.62 Å². The molecular formula is C30H33N5O5S. The molecule has 1 atom stereocenters. The fraction of sp³-hybridized carbons (Fsp3) is 0.267. The predicted molar refractivity (Wildman–Crippen MR) is 160 cm³/mol. The smallest absolute Gasteiger partial charge is 0.253 e. The summed E-state index contributed by atoms with van der Waals surface area (Å²) in [5, 5.41) is 2.90. The molecular weight excluding hydrogens is 542 g/mol. The van der Waals surface area contributed by atoms with Crippen LogP contribution in [0.1, 0.15) is 34.3 Å². The van der Waals surface area contributed by atoms with Crippen molar-refractivity contribution >= 4 is 50.5 Å². The first-order valence-corrected chi connectivity index (χ1v) is 14.9. The molecule has 0 aliphatic carbocycles. The number of fused-ring (bicyclic) bond motifs is 1. The topological polar surface area (TPSA) is 119 Å². The Labute approximate surface area is 240 Å². The van der Waals surface area contributed by atoms with E-state index in [2.05, 4.69) is 5.32 Å². The number of carbonyl (C=O) groups excluding carboxylic acids is 3. The number of likely N-dealkylation sites (N-methyl/N-ethyl adjacent to an activating group) is 1. The average Bonchev–Trinajstić information content (AvgIpc) is 3.28. The van der Waals surface area contributed by atoms with Gasteiger partial charge in [0.05, 0.1) is 23.3 Å². The van der Waals surface area contributed by atoms with Gasteiger partial charge < -0.3 is 15.1 Å². The normalized spacial score (nSPS) is 14.7. The van der Waals surface area contributed by atoms with E-state index < -0.39 is 15.9 Å². The van der Waals surface area contributed by atoms with Crippen molar-refractivity contribution in [3.63, 3.8) is 0 Å².